The number of rotatable bonds is 6. The van der Waals surface area contributed by atoms with Gasteiger partial charge >= 0.3 is 0 Å². The van der Waals surface area contributed by atoms with E-state index in [0.29, 0.717) is 6.10 Å². The minimum atomic E-state index is 0.357. The smallest absolute Gasteiger partial charge is 0.162 e. The number of halogens is 1. The Balaban J connectivity index is 1.65. The average molecular weight is 383 g/mol. The van der Waals surface area contributed by atoms with Crippen molar-refractivity contribution in [2.45, 2.75) is 76.5 Å². The molecule has 2 aliphatic rings. The van der Waals surface area contributed by atoms with Gasteiger partial charge in [0.1, 0.15) is 6.54 Å². The molecular weight excluding hydrogens is 354 g/mol. The number of hydrogen-bond acceptors (Lipinski definition) is 2. The molecule has 0 bridgehead atoms. The maximum atomic E-state index is 6.16. The Morgan fingerprint density at radius 1 is 1.00 bits per heavy atom. The second kappa shape index (κ2) is 8.39. The zero-order chi connectivity index (χ0) is 16.1. The van der Waals surface area contributed by atoms with Gasteiger partial charge in [0, 0.05) is 10.0 Å². The highest BCUT2D eigenvalue weighted by Gasteiger charge is 2.21. The molecule has 0 heterocycles. The first kappa shape index (κ1) is 17.1. The van der Waals surface area contributed by atoms with Crippen molar-refractivity contribution in [3.8, 4) is 11.5 Å². The lowest BCUT2D eigenvalue weighted by Gasteiger charge is -2.21. The van der Waals surface area contributed by atoms with Gasteiger partial charge in [-0.2, -0.15) is 0 Å². The minimum Gasteiger partial charge on any atom is -0.493 e. The average Bonchev–Trinajstić information content (AvgIpc) is 3.08. The maximum absolute atomic E-state index is 6.16. The van der Waals surface area contributed by atoms with Crippen LogP contribution in [0.3, 0.4) is 0 Å². The Morgan fingerprint density at radius 3 is 2.39 bits per heavy atom. The third-order valence-corrected chi connectivity index (χ3v) is 5.99. The molecule has 2 saturated carbocycles. The van der Waals surface area contributed by atoms with Gasteiger partial charge in [-0.15, -0.1) is 0 Å². The highest BCUT2D eigenvalue weighted by Crippen LogP contribution is 2.36. The zero-order valence-corrected chi connectivity index (χ0v) is 15.7. The number of nitrogens with two attached hydrogens (primary N) is 1. The van der Waals surface area contributed by atoms with E-state index in [0.717, 1.165) is 41.4 Å². The zero-order valence-electron chi connectivity index (χ0n) is 14.2. The first-order valence-electron chi connectivity index (χ1n) is 9.12. The molecule has 0 amide bonds. The molecule has 0 atom stereocenters. The molecular formula is C19H29BrNO2+. The SMILES string of the molecule is COc1cc(C[NH2+]C2CCCCC2)c(Br)cc1OC1CCCC1. The van der Waals surface area contributed by atoms with Crippen LogP contribution in [-0.2, 0) is 6.54 Å². The molecule has 0 unspecified atom stereocenters. The van der Waals surface area contributed by atoms with Crippen molar-refractivity contribution in [2.75, 3.05) is 7.11 Å². The molecule has 2 fully saturated rings. The van der Waals surface area contributed by atoms with E-state index >= 15 is 0 Å². The molecule has 1 aromatic rings. The fourth-order valence-electron chi connectivity index (χ4n) is 3.83. The van der Waals surface area contributed by atoms with Gasteiger partial charge in [0.15, 0.2) is 11.5 Å². The lowest BCUT2D eigenvalue weighted by atomic mass is 9.95. The van der Waals surface area contributed by atoms with E-state index < -0.39 is 0 Å². The molecule has 1 aromatic carbocycles. The number of ether oxygens (including phenoxy) is 2. The summed E-state index contributed by atoms with van der Waals surface area (Å²) >= 11 is 3.73. The topological polar surface area (TPSA) is 35.1 Å². The van der Waals surface area contributed by atoms with E-state index in [4.69, 9.17) is 9.47 Å². The van der Waals surface area contributed by atoms with E-state index in [1.165, 1.54) is 50.5 Å². The van der Waals surface area contributed by atoms with Gasteiger partial charge in [-0.1, -0.05) is 22.4 Å². The van der Waals surface area contributed by atoms with Crippen LogP contribution in [0.1, 0.15) is 63.4 Å². The van der Waals surface area contributed by atoms with Gasteiger partial charge in [-0.05, 0) is 63.5 Å². The molecule has 23 heavy (non-hydrogen) atoms. The third kappa shape index (κ3) is 4.63. The van der Waals surface area contributed by atoms with Crippen LogP contribution in [0.5, 0.6) is 11.5 Å². The predicted octanol–water partition coefficient (Wildman–Crippen LogP) is 4.18. The third-order valence-electron chi connectivity index (χ3n) is 5.25. The molecule has 3 rings (SSSR count). The Labute approximate surface area is 148 Å². The van der Waals surface area contributed by atoms with Gasteiger partial charge in [-0.3, -0.25) is 0 Å². The van der Waals surface area contributed by atoms with E-state index in [-0.39, 0.29) is 0 Å². The minimum absolute atomic E-state index is 0.357. The monoisotopic (exact) mass is 382 g/mol. The molecule has 0 aliphatic heterocycles. The van der Waals surface area contributed by atoms with Crippen molar-refractivity contribution in [3.05, 3.63) is 22.2 Å². The van der Waals surface area contributed by atoms with Crippen molar-refractivity contribution < 1.29 is 14.8 Å². The van der Waals surface area contributed by atoms with Gasteiger partial charge in [0.25, 0.3) is 0 Å². The molecule has 0 radical (unpaired) electrons. The normalized spacial score (nSPS) is 19.9. The van der Waals surface area contributed by atoms with Crippen molar-refractivity contribution in [3.63, 3.8) is 0 Å². The number of quaternary nitrogens is 1. The fraction of sp³-hybridized carbons (Fsp3) is 0.684. The van der Waals surface area contributed by atoms with Gasteiger partial charge in [-0.25, -0.2) is 0 Å². The Hall–Kier alpha value is -0.740. The first-order chi connectivity index (χ1) is 11.3. The lowest BCUT2D eigenvalue weighted by Crippen LogP contribution is -2.88. The van der Waals surface area contributed by atoms with Crippen LogP contribution in [0.15, 0.2) is 16.6 Å². The van der Waals surface area contributed by atoms with Gasteiger partial charge in [0.05, 0.1) is 19.3 Å². The van der Waals surface area contributed by atoms with E-state index in [2.05, 4.69) is 33.4 Å². The van der Waals surface area contributed by atoms with E-state index in [1.54, 1.807) is 7.11 Å². The maximum Gasteiger partial charge on any atom is 0.162 e. The van der Waals surface area contributed by atoms with Crippen molar-refractivity contribution in [1.29, 1.82) is 0 Å². The van der Waals surface area contributed by atoms with Crippen LogP contribution in [0.4, 0.5) is 0 Å². The van der Waals surface area contributed by atoms with Crippen LogP contribution < -0.4 is 14.8 Å². The van der Waals surface area contributed by atoms with Crippen LogP contribution in [0.2, 0.25) is 0 Å². The van der Waals surface area contributed by atoms with Gasteiger partial charge in [0.2, 0.25) is 0 Å². The van der Waals surface area contributed by atoms with Crippen LogP contribution >= 0.6 is 15.9 Å². The summed E-state index contributed by atoms with van der Waals surface area (Å²) < 4.78 is 12.9. The summed E-state index contributed by atoms with van der Waals surface area (Å²) in [6, 6.07) is 5.03. The van der Waals surface area contributed by atoms with E-state index in [1.807, 2.05) is 0 Å². The molecule has 0 saturated heterocycles. The highest BCUT2D eigenvalue weighted by molar-refractivity contribution is 9.10. The largest absolute Gasteiger partial charge is 0.493 e. The van der Waals surface area contributed by atoms with Crippen LogP contribution in [0, 0.1) is 0 Å². The summed E-state index contributed by atoms with van der Waals surface area (Å²) in [4.78, 5) is 0. The first-order valence-corrected chi connectivity index (χ1v) is 9.92. The van der Waals surface area contributed by atoms with Crippen molar-refractivity contribution in [2.24, 2.45) is 0 Å². The number of hydrogen-bond donors (Lipinski definition) is 1. The Kier molecular flexibility index (Phi) is 6.23. The molecule has 0 spiro atoms. The molecule has 3 nitrogen and oxygen atoms in total. The van der Waals surface area contributed by atoms with Crippen LogP contribution in [0.25, 0.3) is 0 Å². The lowest BCUT2D eigenvalue weighted by molar-refractivity contribution is -0.706. The number of benzene rings is 1. The van der Waals surface area contributed by atoms with Crippen molar-refractivity contribution in [1.82, 2.24) is 0 Å². The van der Waals surface area contributed by atoms with Crippen molar-refractivity contribution >= 4 is 15.9 Å². The second-order valence-corrected chi connectivity index (χ2v) is 7.81. The molecule has 128 valence electrons. The summed E-state index contributed by atoms with van der Waals surface area (Å²) in [5.41, 5.74) is 1.30. The summed E-state index contributed by atoms with van der Waals surface area (Å²) in [5, 5.41) is 2.50. The summed E-state index contributed by atoms with van der Waals surface area (Å²) in [6.07, 6.45) is 12.2. The Bertz CT molecular complexity index is 508. The summed E-state index contributed by atoms with van der Waals surface area (Å²) in [5.74, 6) is 1.75. The van der Waals surface area contributed by atoms with E-state index in [9.17, 15) is 0 Å². The van der Waals surface area contributed by atoms with Crippen LogP contribution in [-0.4, -0.2) is 19.3 Å². The standard InChI is InChI=1S/C19H28BrNO2/c1-22-18-11-14(13-21-15-7-3-2-4-8-15)17(20)12-19(18)23-16-9-5-6-10-16/h11-12,15-16,21H,2-10,13H2,1H3/p+1. The second-order valence-electron chi connectivity index (χ2n) is 6.96. The molecule has 4 heteroatoms. The Morgan fingerprint density at radius 2 is 1.70 bits per heavy atom. The molecule has 2 aliphatic carbocycles. The molecule has 0 aromatic heterocycles. The fourth-order valence-corrected chi connectivity index (χ4v) is 4.32. The predicted molar refractivity (Wildman–Crippen MR) is 96.1 cm³/mol. The number of methoxy groups -OCH3 is 1. The molecule has 2 N–H and O–H groups in total. The quantitative estimate of drug-likeness (QED) is 0.800. The highest BCUT2D eigenvalue weighted by atomic mass is 79.9. The summed E-state index contributed by atoms with van der Waals surface area (Å²) in [6.45, 7) is 1.01. The summed E-state index contributed by atoms with van der Waals surface area (Å²) in [7, 11) is 1.74. The van der Waals surface area contributed by atoms with Gasteiger partial charge < -0.3 is 14.8 Å².